The molecule has 0 radical (unpaired) electrons. The number of aromatic amines is 1. The van der Waals surface area contributed by atoms with E-state index in [2.05, 4.69) is 142 Å². The van der Waals surface area contributed by atoms with E-state index in [0.29, 0.717) is 0 Å². The summed E-state index contributed by atoms with van der Waals surface area (Å²) in [5.74, 6) is 0. The third-order valence-electron chi connectivity index (χ3n) is 7.69. The monoisotopic (exact) mass is 573 g/mol. The minimum Gasteiger partial charge on any atom is -0.372 e. The molecule has 3 heterocycles. The Labute approximate surface area is 257 Å². The predicted octanol–water partition coefficient (Wildman–Crippen LogP) is 9.06. The van der Waals surface area contributed by atoms with Crippen molar-refractivity contribution in [3.05, 3.63) is 158 Å². The molecule has 0 saturated carbocycles. The molecule has 0 bridgehead atoms. The number of benzene rings is 5. The van der Waals surface area contributed by atoms with Gasteiger partial charge in [-0.1, -0.05) is 103 Å². The summed E-state index contributed by atoms with van der Waals surface area (Å²) in [6, 6.07) is 44.4. The van der Waals surface area contributed by atoms with E-state index in [1.54, 1.807) is 6.92 Å². The molecule has 1 aliphatic rings. The second kappa shape index (κ2) is 13.1. The van der Waals surface area contributed by atoms with E-state index in [-0.39, 0.29) is 6.17 Å². The number of aromatic nitrogens is 2. The molecule has 216 valence electrons. The van der Waals surface area contributed by atoms with Crippen LogP contribution in [0.4, 0.5) is 0 Å². The Balaban J connectivity index is 0.000000145. The zero-order valence-corrected chi connectivity index (χ0v) is 24.6. The predicted molar refractivity (Wildman–Crippen MR) is 187 cm³/mol. The Kier molecular flexibility index (Phi) is 8.48. The number of nitrogens with one attached hydrogen (secondary N) is 3. The van der Waals surface area contributed by atoms with Gasteiger partial charge in [-0.25, -0.2) is 0 Å². The van der Waals surface area contributed by atoms with E-state index in [0.717, 1.165) is 11.1 Å². The fourth-order valence-electron chi connectivity index (χ4n) is 5.62. The SMILES string of the molecule is CC=N.NC1NC=CC=C1c1ccc(-c2ccccc2)cc1.c1ccc(-n2ccc3c4[nH]c5ccccc5c4ccc32)cc1. The molecule has 1 atom stereocenters. The minimum absolute atomic E-state index is 0.132. The molecule has 0 aliphatic carbocycles. The zero-order valence-electron chi connectivity index (χ0n) is 24.6. The van der Waals surface area contributed by atoms with Crippen molar-refractivity contribution in [2.75, 3.05) is 0 Å². The minimum atomic E-state index is -0.132. The van der Waals surface area contributed by atoms with Crippen molar-refractivity contribution in [3.8, 4) is 16.8 Å². The Morgan fingerprint density at radius 1 is 0.682 bits per heavy atom. The molecule has 8 rings (SSSR count). The van der Waals surface area contributed by atoms with Crippen molar-refractivity contribution in [1.82, 2.24) is 14.9 Å². The smallest absolute Gasteiger partial charge is 0.101 e. The van der Waals surface area contributed by atoms with Crippen molar-refractivity contribution in [2.24, 2.45) is 5.73 Å². The van der Waals surface area contributed by atoms with Crippen LogP contribution in [0, 0.1) is 5.41 Å². The maximum absolute atomic E-state index is 6.08. The Morgan fingerprint density at radius 2 is 1.32 bits per heavy atom. The van der Waals surface area contributed by atoms with Gasteiger partial charge in [0.25, 0.3) is 0 Å². The number of fused-ring (bicyclic) bond motifs is 5. The lowest BCUT2D eigenvalue weighted by Crippen LogP contribution is -2.36. The van der Waals surface area contributed by atoms with Crippen LogP contribution < -0.4 is 11.1 Å². The van der Waals surface area contributed by atoms with Gasteiger partial charge in [0.05, 0.1) is 11.0 Å². The topological polar surface area (TPSA) is 82.6 Å². The first kappa shape index (κ1) is 28.5. The van der Waals surface area contributed by atoms with Crippen LogP contribution in [-0.2, 0) is 0 Å². The number of hydrogen-bond donors (Lipinski definition) is 4. The summed E-state index contributed by atoms with van der Waals surface area (Å²) >= 11 is 0. The van der Waals surface area contributed by atoms with Crippen LogP contribution in [-0.4, -0.2) is 21.9 Å². The van der Waals surface area contributed by atoms with Gasteiger partial charge in [0, 0.05) is 33.6 Å². The number of nitrogens with two attached hydrogens (primary N) is 1. The normalized spacial score (nSPS) is 13.8. The summed E-state index contributed by atoms with van der Waals surface area (Å²) in [6.07, 6.45) is 9.16. The van der Waals surface area contributed by atoms with Gasteiger partial charge in [0.1, 0.15) is 6.17 Å². The summed E-state index contributed by atoms with van der Waals surface area (Å²) < 4.78 is 2.24. The van der Waals surface area contributed by atoms with E-state index in [1.807, 2.05) is 24.4 Å². The summed E-state index contributed by atoms with van der Waals surface area (Å²) in [4.78, 5) is 3.57. The van der Waals surface area contributed by atoms with Gasteiger partial charge < -0.3 is 26.0 Å². The second-order valence-corrected chi connectivity index (χ2v) is 10.5. The summed E-state index contributed by atoms with van der Waals surface area (Å²) in [5.41, 5.74) is 15.6. The van der Waals surface area contributed by atoms with E-state index < -0.39 is 0 Å². The number of dihydropyridines is 1. The van der Waals surface area contributed by atoms with Crippen molar-refractivity contribution in [2.45, 2.75) is 13.1 Å². The maximum Gasteiger partial charge on any atom is 0.101 e. The van der Waals surface area contributed by atoms with Crippen molar-refractivity contribution in [1.29, 1.82) is 5.41 Å². The molecule has 2 aromatic heterocycles. The third-order valence-corrected chi connectivity index (χ3v) is 7.69. The van der Waals surface area contributed by atoms with Crippen LogP contribution >= 0.6 is 0 Å². The lowest BCUT2D eigenvalue weighted by molar-refractivity contribution is 0.745. The van der Waals surface area contributed by atoms with Crippen LogP contribution in [0.5, 0.6) is 0 Å². The second-order valence-electron chi connectivity index (χ2n) is 10.5. The standard InChI is InChI=1S/C20H14N2.C17H16N2.C2H5N/c1-2-6-14(7-3-1)22-13-12-17-19(22)11-10-16-15-8-4-5-9-18(15)21-20(16)17;18-17-16(7-4-12-19-17)15-10-8-14(9-11-15)13-5-2-1-3-6-13;1-2-3/h1-13,21H;1-12,17,19H,18H2;2-3H,1H3. The molecule has 5 N–H and O–H groups in total. The average molecular weight is 574 g/mol. The summed E-state index contributed by atoms with van der Waals surface area (Å²) in [6.45, 7) is 1.67. The Bertz CT molecular complexity index is 2060. The van der Waals surface area contributed by atoms with Gasteiger partial charge >= 0.3 is 0 Å². The van der Waals surface area contributed by atoms with E-state index in [9.17, 15) is 0 Å². The van der Waals surface area contributed by atoms with Gasteiger partial charge in [-0.2, -0.15) is 0 Å². The molecular formula is C39H35N5. The van der Waals surface area contributed by atoms with Crippen LogP contribution in [0.1, 0.15) is 12.5 Å². The first-order chi connectivity index (χ1) is 21.7. The molecule has 1 unspecified atom stereocenters. The molecule has 0 fully saturated rings. The fourth-order valence-corrected chi connectivity index (χ4v) is 5.62. The van der Waals surface area contributed by atoms with Gasteiger partial charge in [-0.3, -0.25) is 0 Å². The highest BCUT2D eigenvalue weighted by Gasteiger charge is 2.12. The number of para-hydroxylation sites is 2. The van der Waals surface area contributed by atoms with Gasteiger partial charge in [0.15, 0.2) is 0 Å². The molecule has 44 heavy (non-hydrogen) atoms. The maximum atomic E-state index is 6.08. The van der Waals surface area contributed by atoms with Crippen LogP contribution in [0.25, 0.3) is 55.1 Å². The van der Waals surface area contributed by atoms with Crippen LogP contribution in [0.2, 0.25) is 0 Å². The third kappa shape index (κ3) is 5.82. The lowest BCUT2D eigenvalue weighted by Gasteiger charge is -2.19. The molecular weight excluding hydrogens is 538 g/mol. The van der Waals surface area contributed by atoms with E-state index in [4.69, 9.17) is 11.1 Å². The summed E-state index contributed by atoms with van der Waals surface area (Å²) in [5, 5.41) is 13.0. The van der Waals surface area contributed by atoms with Crippen molar-refractivity contribution in [3.63, 3.8) is 0 Å². The molecule has 0 spiro atoms. The molecule has 0 amide bonds. The highest BCUT2D eigenvalue weighted by atomic mass is 15.0. The Morgan fingerprint density at radius 3 is 2.05 bits per heavy atom. The zero-order chi connectivity index (χ0) is 30.3. The first-order valence-electron chi connectivity index (χ1n) is 14.7. The highest BCUT2D eigenvalue weighted by Crippen LogP contribution is 2.32. The molecule has 5 aromatic carbocycles. The molecule has 0 saturated heterocycles. The van der Waals surface area contributed by atoms with Crippen LogP contribution in [0.3, 0.4) is 0 Å². The first-order valence-corrected chi connectivity index (χ1v) is 14.7. The van der Waals surface area contributed by atoms with Crippen molar-refractivity contribution >= 4 is 44.5 Å². The summed E-state index contributed by atoms with van der Waals surface area (Å²) in [7, 11) is 0. The number of hydrogen-bond acceptors (Lipinski definition) is 3. The quantitative estimate of drug-likeness (QED) is 0.159. The van der Waals surface area contributed by atoms with Gasteiger partial charge in [0.2, 0.25) is 0 Å². The van der Waals surface area contributed by atoms with Crippen LogP contribution in [0.15, 0.2) is 152 Å². The largest absolute Gasteiger partial charge is 0.372 e. The number of rotatable bonds is 3. The molecule has 5 nitrogen and oxygen atoms in total. The van der Waals surface area contributed by atoms with E-state index in [1.165, 1.54) is 55.7 Å². The van der Waals surface area contributed by atoms with E-state index >= 15 is 0 Å². The van der Waals surface area contributed by atoms with Gasteiger partial charge in [-0.15, -0.1) is 0 Å². The number of H-pyrrole nitrogens is 1. The molecule has 5 heteroatoms. The van der Waals surface area contributed by atoms with Crippen molar-refractivity contribution < 1.29 is 0 Å². The highest BCUT2D eigenvalue weighted by molar-refractivity contribution is 6.16. The Hall–Kier alpha value is -5.65. The molecule has 1 aliphatic heterocycles. The lowest BCUT2D eigenvalue weighted by atomic mass is 9.98. The fraction of sp³-hybridized carbons (Fsp3) is 0.0513. The average Bonchev–Trinajstić information content (AvgIpc) is 3.69. The van der Waals surface area contributed by atoms with Gasteiger partial charge in [-0.05, 0) is 78.0 Å². The number of allylic oxidation sites excluding steroid dienone is 2. The number of nitrogens with zero attached hydrogens (tertiary/aromatic N) is 1. The molecule has 7 aromatic rings.